The van der Waals surface area contributed by atoms with Gasteiger partial charge in [0, 0.05) is 30.9 Å². The molecule has 114 valence electrons. The molecule has 0 radical (unpaired) electrons. The molecular formula is C19H22N2O. The number of carbonyl (C=O) groups excluding carboxylic acids is 1. The zero-order chi connectivity index (χ0) is 15.2. The van der Waals surface area contributed by atoms with Gasteiger partial charge in [0.05, 0.1) is 0 Å². The van der Waals surface area contributed by atoms with E-state index in [4.69, 9.17) is 0 Å². The van der Waals surface area contributed by atoms with Crippen LogP contribution in [0.2, 0.25) is 0 Å². The topological polar surface area (TPSA) is 32.3 Å². The maximum Gasteiger partial charge on any atom is 0.224 e. The molecule has 2 aromatic carbocycles. The highest BCUT2D eigenvalue weighted by molar-refractivity contribution is 5.91. The normalized spacial score (nSPS) is 14.1. The Bertz CT molecular complexity index is 601. The Balaban J connectivity index is 1.50. The van der Waals surface area contributed by atoms with Gasteiger partial charge in [0.1, 0.15) is 0 Å². The Morgan fingerprint density at radius 2 is 1.64 bits per heavy atom. The minimum atomic E-state index is 0.0674. The van der Waals surface area contributed by atoms with E-state index in [-0.39, 0.29) is 5.91 Å². The lowest BCUT2D eigenvalue weighted by Gasteiger charge is -2.17. The van der Waals surface area contributed by atoms with Crippen molar-refractivity contribution >= 4 is 17.3 Å². The van der Waals surface area contributed by atoms with Crippen LogP contribution < -0.4 is 10.2 Å². The summed E-state index contributed by atoms with van der Waals surface area (Å²) >= 11 is 0. The van der Waals surface area contributed by atoms with E-state index in [2.05, 4.69) is 34.5 Å². The van der Waals surface area contributed by atoms with Crippen LogP contribution in [0.25, 0.3) is 0 Å². The summed E-state index contributed by atoms with van der Waals surface area (Å²) in [5.41, 5.74) is 3.32. The number of hydrogen-bond acceptors (Lipinski definition) is 2. The van der Waals surface area contributed by atoms with Gasteiger partial charge in [-0.05, 0) is 49.1 Å². The number of amides is 1. The van der Waals surface area contributed by atoms with Crippen LogP contribution in [0.5, 0.6) is 0 Å². The van der Waals surface area contributed by atoms with E-state index < -0.39 is 0 Å². The summed E-state index contributed by atoms with van der Waals surface area (Å²) in [6, 6.07) is 18.3. The highest BCUT2D eigenvalue weighted by Gasteiger charge is 2.12. The fourth-order valence-electron chi connectivity index (χ4n) is 2.86. The van der Waals surface area contributed by atoms with Crippen molar-refractivity contribution in [2.75, 3.05) is 23.3 Å². The molecule has 0 bridgehead atoms. The van der Waals surface area contributed by atoms with Gasteiger partial charge in [0.15, 0.2) is 0 Å². The molecule has 0 aliphatic carbocycles. The SMILES string of the molecule is O=C(CCc1ccccc1)Nc1ccc(N2CCCC2)cc1. The maximum absolute atomic E-state index is 12.0. The average molecular weight is 294 g/mol. The van der Waals surface area contributed by atoms with Gasteiger partial charge in [0.2, 0.25) is 5.91 Å². The van der Waals surface area contributed by atoms with Gasteiger partial charge < -0.3 is 10.2 Å². The van der Waals surface area contributed by atoms with Crippen LogP contribution in [0, 0.1) is 0 Å². The van der Waals surface area contributed by atoms with Crippen LogP contribution in [0.3, 0.4) is 0 Å². The quantitative estimate of drug-likeness (QED) is 0.908. The molecular weight excluding hydrogens is 272 g/mol. The van der Waals surface area contributed by atoms with Crippen molar-refractivity contribution in [1.82, 2.24) is 0 Å². The second-order valence-corrected chi connectivity index (χ2v) is 5.77. The monoisotopic (exact) mass is 294 g/mol. The van der Waals surface area contributed by atoms with Crippen molar-refractivity contribution in [1.29, 1.82) is 0 Å². The number of benzene rings is 2. The lowest BCUT2D eigenvalue weighted by atomic mass is 10.1. The van der Waals surface area contributed by atoms with Crippen molar-refractivity contribution in [3.63, 3.8) is 0 Å². The summed E-state index contributed by atoms with van der Waals surface area (Å²) < 4.78 is 0. The van der Waals surface area contributed by atoms with Crippen molar-refractivity contribution in [2.45, 2.75) is 25.7 Å². The Hall–Kier alpha value is -2.29. The third kappa shape index (κ3) is 3.88. The maximum atomic E-state index is 12.0. The van der Waals surface area contributed by atoms with Crippen molar-refractivity contribution in [3.8, 4) is 0 Å². The Kier molecular flexibility index (Phi) is 4.74. The number of nitrogens with zero attached hydrogens (tertiary/aromatic N) is 1. The van der Waals surface area contributed by atoms with Gasteiger partial charge in [-0.25, -0.2) is 0 Å². The van der Waals surface area contributed by atoms with Crippen LogP contribution in [0.15, 0.2) is 54.6 Å². The molecule has 1 aliphatic rings. The molecule has 1 amide bonds. The van der Waals surface area contributed by atoms with Gasteiger partial charge in [0.25, 0.3) is 0 Å². The number of anilines is 2. The zero-order valence-electron chi connectivity index (χ0n) is 12.8. The van der Waals surface area contributed by atoms with Gasteiger partial charge in [-0.15, -0.1) is 0 Å². The first-order valence-electron chi connectivity index (χ1n) is 8.00. The highest BCUT2D eigenvalue weighted by atomic mass is 16.1. The van der Waals surface area contributed by atoms with Gasteiger partial charge in [-0.3, -0.25) is 4.79 Å². The first-order chi connectivity index (χ1) is 10.8. The predicted molar refractivity (Wildman–Crippen MR) is 91.3 cm³/mol. The summed E-state index contributed by atoms with van der Waals surface area (Å²) in [6.07, 6.45) is 3.84. The molecule has 3 rings (SSSR count). The molecule has 22 heavy (non-hydrogen) atoms. The summed E-state index contributed by atoms with van der Waals surface area (Å²) in [5.74, 6) is 0.0674. The third-order valence-electron chi connectivity index (χ3n) is 4.11. The van der Waals surface area contributed by atoms with E-state index in [0.29, 0.717) is 6.42 Å². The summed E-state index contributed by atoms with van der Waals surface area (Å²) in [4.78, 5) is 14.4. The molecule has 2 aromatic rings. The lowest BCUT2D eigenvalue weighted by Crippen LogP contribution is -2.17. The standard InChI is InChI=1S/C19H22N2O/c22-19(13-8-16-6-2-1-3-7-16)20-17-9-11-18(12-10-17)21-14-4-5-15-21/h1-3,6-7,9-12H,4-5,8,13-15H2,(H,20,22). The van der Waals surface area contributed by atoms with E-state index in [1.807, 2.05) is 30.3 Å². The number of rotatable bonds is 5. The average Bonchev–Trinajstić information content (AvgIpc) is 3.09. The largest absolute Gasteiger partial charge is 0.372 e. The molecule has 3 nitrogen and oxygen atoms in total. The lowest BCUT2D eigenvalue weighted by molar-refractivity contribution is -0.116. The molecule has 1 saturated heterocycles. The Labute approximate surface area is 132 Å². The summed E-state index contributed by atoms with van der Waals surface area (Å²) in [5, 5.41) is 2.97. The number of hydrogen-bond donors (Lipinski definition) is 1. The van der Waals surface area contributed by atoms with Crippen LogP contribution in [-0.4, -0.2) is 19.0 Å². The third-order valence-corrected chi connectivity index (χ3v) is 4.11. The van der Waals surface area contributed by atoms with Crippen LogP contribution in [-0.2, 0) is 11.2 Å². The minimum absolute atomic E-state index is 0.0674. The van der Waals surface area contributed by atoms with Gasteiger partial charge >= 0.3 is 0 Å². The molecule has 1 N–H and O–H groups in total. The van der Waals surface area contributed by atoms with E-state index in [1.165, 1.54) is 24.1 Å². The molecule has 0 unspecified atom stereocenters. The molecule has 0 atom stereocenters. The first kappa shape index (κ1) is 14.6. The fourth-order valence-corrected chi connectivity index (χ4v) is 2.86. The van der Waals surface area contributed by atoms with Gasteiger partial charge in [-0.2, -0.15) is 0 Å². The van der Waals surface area contributed by atoms with E-state index in [0.717, 1.165) is 25.2 Å². The first-order valence-corrected chi connectivity index (χ1v) is 8.00. The van der Waals surface area contributed by atoms with Gasteiger partial charge in [-0.1, -0.05) is 30.3 Å². The minimum Gasteiger partial charge on any atom is -0.372 e. The van der Waals surface area contributed by atoms with Crippen LogP contribution in [0.1, 0.15) is 24.8 Å². The summed E-state index contributed by atoms with van der Waals surface area (Å²) in [7, 11) is 0. The molecule has 1 heterocycles. The van der Waals surface area contributed by atoms with Crippen molar-refractivity contribution in [3.05, 3.63) is 60.2 Å². The zero-order valence-corrected chi connectivity index (χ0v) is 12.8. The molecule has 1 aliphatic heterocycles. The predicted octanol–water partition coefficient (Wildman–Crippen LogP) is 3.86. The second-order valence-electron chi connectivity index (χ2n) is 5.77. The molecule has 0 saturated carbocycles. The number of carbonyl (C=O) groups is 1. The van der Waals surface area contributed by atoms with Crippen LogP contribution >= 0.6 is 0 Å². The Morgan fingerprint density at radius 1 is 0.955 bits per heavy atom. The second kappa shape index (κ2) is 7.12. The molecule has 3 heteroatoms. The molecule has 0 spiro atoms. The number of aryl methyl sites for hydroxylation is 1. The van der Waals surface area contributed by atoms with E-state index in [1.54, 1.807) is 0 Å². The van der Waals surface area contributed by atoms with E-state index in [9.17, 15) is 4.79 Å². The smallest absolute Gasteiger partial charge is 0.224 e. The van der Waals surface area contributed by atoms with Crippen molar-refractivity contribution in [2.24, 2.45) is 0 Å². The fraction of sp³-hybridized carbons (Fsp3) is 0.316. The Morgan fingerprint density at radius 3 is 2.32 bits per heavy atom. The summed E-state index contributed by atoms with van der Waals surface area (Å²) in [6.45, 7) is 2.28. The molecule has 0 aromatic heterocycles. The number of nitrogens with one attached hydrogen (secondary N) is 1. The molecule has 1 fully saturated rings. The van der Waals surface area contributed by atoms with Crippen molar-refractivity contribution < 1.29 is 4.79 Å². The van der Waals surface area contributed by atoms with E-state index >= 15 is 0 Å². The highest BCUT2D eigenvalue weighted by Crippen LogP contribution is 2.22. The van der Waals surface area contributed by atoms with Crippen LogP contribution in [0.4, 0.5) is 11.4 Å².